The van der Waals surface area contributed by atoms with Crippen molar-refractivity contribution in [2.75, 3.05) is 18.4 Å². The lowest BCUT2D eigenvalue weighted by Crippen LogP contribution is -3.14. The van der Waals surface area contributed by atoms with Gasteiger partial charge in [-0.15, -0.1) is 0 Å². The summed E-state index contributed by atoms with van der Waals surface area (Å²) < 4.78 is 13.0. The second-order valence-corrected chi connectivity index (χ2v) is 4.59. The van der Waals surface area contributed by atoms with E-state index in [0.717, 1.165) is 13.1 Å². The van der Waals surface area contributed by atoms with Gasteiger partial charge in [0.15, 0.2) is 6.04 Å². The van der Waals surface area contributed by atoms with Crippen LogP contribution in [-0.4, -0.2) is 25.0 Å². The Hall–Kier alpha value is -1.42. The average molecular weight is 237 g/mol. The smallest absolute Gasteiger partial charge is 0.282 e. The van der Waals surface area contributed by atoms with Gasteiger partial charge in [-0.25, -0.2) is 4.39 Å². The fourth-order valence-electron chi connectivity index (χ4n) is 2.26. The quantitative estimate of drug-likeness (QED) is 0.802. The van der Waals surface area contributed by atoms with Crippen LogP contribution in [0.2, 0.25) is 0 Å². The Morgan fingerprint density at radius 1 is 1.41 bits per heavy atom. The summed E-state index contributed by atoms with van der Waals surface area (Å²) in [4.78, 5) is 13.3. The van der Waals surface area contributed by atoms with E-state index < -0.39 is 0 Å². The minimum Gasteiger partial charge on any atom is -0.325 e. The van der Waals surface area contributed by atoms with Gasteiger partial charge in [-0.1, -0.05) is 6.07 Å². The van der Waals surface area contributed by atoms with E-state index in [1.807, 2.05) is 6.92 Å². The highest BCUT2D eigenvalue weighted by Crippen LogP contribution is 2.09. The van der Waals surface area contributed by atoms with Crippen LogP contribution >= 0.6 is 0 Å². The van der Waals surface area contributed by atoms with Gasteiger partial charge in [-0.2, -0.15) is 0 Å². The molecule has 1 fully saturated rings. The van der Waals surface area contributed by atoms with Gasteiger partial charge in [0.2, 0.25) is 0 Å². The third-order valence-corrected chi connectivity index (χ3v) is 3.34. The van der Waals surface area contributed by atoms with Gasteiger partial charge in [0.1, 0.15) is 5.82 Å². The minimum atomic E-state index is -0.330. The first kappa shape index (κ1) is 12.0. The standard InChI is InChI=1S/C13H17FN2O/c1-10(16-7-2-3-8-16)13(17)15-12-6-4-5-11(14)9-12/h4-6,9-10H,2-3,7-8H2,1H3,(H,15,17)/p+1/t10-/m0/s1. The molecule has 3 nitrogen and oxygen atoms in total. The average Bonchev–Trinajstić information content (AvgIpc) is 2.81. The van der Waals surface area contributed by atoms with Crippen LogP contribution in [0.1, 0.15) is 19.8 Å². The number of rotatable bonds is 3. The van der Waals surface area contributed by atoms with E-state index in [1.54, 1.807) is 12.1 Å². The summed E-state index contributed by atoms with van der Waals surface area (Å²) in [5, 5.41) is 2.76. The Balaban J connectivity index is 1.96. The van der Waals surface area contributed by atoms with Gasteiger partial charge in [-0.05, 0) is 25.1 Å². The summed E-state index contributed by atoms with van der Waals surface area (Å²) in [5.41, 5.74) is 0.528. The number of amides is 1. The normalized spacial score (nSPS) is 18.0. The molecule has 0 bridgehead atoms. The number of hydrogen-bond donors (Lipinski definition) is 2. The third kappa shape index (κ3) is 3.03. The molecule has 1 heterocycles. The second-order valence-electron chi connectivity index (χ2n) is 4.59. The molecule has 1 amide bonds. The molecule has 1 aromatic carbocycles. The Morgan fingerprint density at radius 3 is 2.76 bits per heavy atom. The van der Waals surface area contributed by atoms with Crippen LogP contribution in [0.25, 0.3) is 0 Å². The molecule has 0 unspecified atom stereocenters. The number of nitrogens with one attached hydrogen (secondary N) is 2. The first-order valence-electron chi connectivity index (χ1n) is 6.08. The molecule has 0 spiro atoms. The summed E-state index contributed by atoms with van der Waals surface area (Å²) in [7, 11) is 0. The first-order chi connectivity index (χ1) is 8.16. The monoisotopic (exact) mass is 237 g/mol. The molecule has 0 aromatic heterocycles. The number of anilines is 1. The molecule has 92 valence electrons. The van der Waals surface area contributed by atoms with Crippen LogP contribution in [0.4, 0.5) is 10.1 Å². The van der Waals surface area contributed by atoms with Crippen LogP contribution in [-0.2, 0) is 4.79 Å². The number of quaternary nitrogens is 1. The first-order valence-corrected chi connectivity index (χ1v) is 6.08. The highest BCUT2D eigenvalue weighted by Gasteiger charge is 2.27. The number of carbonyl (C=O) groups excluding carboxylic acids is 1. The fourth-order valence-corrected chi connectivity index (χ4v) is 2.26. The molecule has 0 radical (unpaired) electrons. The van der Waals surface area contributed by atoms with Crippen molar-refractivity contribution < 1.29 is 14.1 Å². The third-order valence-electron chi connectivity index (χ3n) is 3.34. The van der Waals surface area contributed by atoms with Crippen molar-refractivity contribution in [3.8, 4) is 0 Å². The van der Waals surface area contributed by atoms with E-state index in [9.17, 15) is 9.18 Å². The maximum Gasteiger partial charge on any atom is 0.282 e. The Labute approximate surface area is 101 Å². The minimum absolute atomic E-state index is 0.0347. The number of halogens is 1. The van der Waals surface area contributed by atoms with Crippen molar-refractivity contribution in [3.05, 3.63) is 30.1 Å². The van der Waals surface area contributed by atoms with Gasteiger partial charge in [-0.3, -0.25) is 4.79 Å². The molecule has 2 N–H and O–H groups in total. The van der Waals surface area contributed by atoms with Crippen molar-refractivity contribution in [2.45, 2.75) is 25.8 Å². The van der Waals surface area contributed by atoms with Crippen molar-refractivity contribution in [2.24, 2.45) is 0 Å². The Bertz CT molecular complexity index is 402. The van der Waals surface area contributed by atoms with Crippen LogP contribution < -0.4 is 10.2 Å². The van der Waals surface area contributed by atoms with Gasteiger partial charge < -0.3 is 10.2 Å². The maximum atomic E-state index is 13.0. The lowest BCUT2D eigenvalue weighted by atomic mass is 10.2. The molecule has 17 heavy (non-hydrogen) atoms. The zero-order valence-corrected chi connectivity index (χ0v) is 10.0. The predicted molar refractivity (Wildman–Crippen MR) is 64.4 cm³/mol. The van der Waals surface area contributed by atoms with Crippen LogP contribution in [0.3, 0.4) is 0 Å². The molecule has 2 rings (SSSR count). The van der Waals surface area contributed by atoms with Gasteiger partial charge in [0.05, 0.1) is 13.1 Å². The summed E-state index contributed by atoms with van der Waals surface area (Å²) in [6.45, 7) is 4.03. The summed E-state index contributed by atoms with van der Waals surface area (Å²) in [6.07, 6.45) is 2.37. The topological polar surface area (TPSA) is 33.5 Å². The number of likely N-dealkylation sites (tertiary alicyclic amines) is 1. The van der Waals surface area contributed by atoms with E-state index in [-0.39, 0.29) is 17.8 Å². The lowest BCUT2D eigenvalue weighted by Gasteiger charge is -2.19. The molecule has 4 heteroatoms. The van der Waals surface area contributed by atoms with E-state index >= 15 is 0 Å². The van der Waals surface area contributed by atoms with Crippen molar-refractivity contribution in [3.63, 3.8) is 0 Å². The van der Waals surface area contributed by atoms with E-state index in [2.05, 4.69) is 5.32 Å². The Morgan fingerprint density at radius 2 is 2.12 bits per heavy atom. The Kier molecular flexibility index (Phi) is 3.74. The molecule has 0 aliphatic carbocycles. The zero-order valence-electron chi connectivity index (χ0n) is 10.0. The number of benzene rings is 1. The summed E-state index contributed by atoms with van der Waals surface area (Å²) in [5.74, 6) is -0.364. The molecule has 1 atom stereocenters. The summed E-state index contributed by atoms with van der Waals surface area (Å²) in [6, 6.07) is 5.93. The number of hydrogen-bond acceptors (Lipinski definition) is 1. The highest BCUT2D eigenvalue weighted by molar-refractivity contribution is 5.93. The highest BCUT2D eigenvalue weighted by atomic mass is 19.1. The van der Waals surface area contributed by atoms with Gasteiger partial charge >= 0.3 is 0 Å². The van der Waals surface area contributed by atoms with Gasteiger partial charge in [0.25, 0.3) is 5.91 Å². The van der Waals surface area contributed by atoms with Gasteiger partial charge in [0, 0.05) is 18.5 Å². The number of carbonyl (C=O) groups is 1. The van der Waals surface area contributed by atoms with Crippen molar-refractivity contribution in [1.82, 2.24) is 0 Å². The molecular weight excluding hydrogens is 219 g/mol. The SMILES string of the molecule is C[C@@H](C(=O)Nc1cccc(F)c1)[NH+]1CCCC1. The molecule has 1 saturated heterocycles. The van der Waals surface area contributed by atoms with Crippen molar-refractivity contribution >= 4 is 11.6 Å². The molecule has 1 aliphatic rings. The van der Waals surface area contributed by atoms with Crippen molar-refractivity contribution in [1.29, 1.82) is 0 Å². The van der Waals surface area contributed by atoms with E-state index in [0.29, 0.717) is 5.69 Å². The van der Waals surface area contributed by atoms with E-state index in [4.69, 9.17) is 0 Å². The molecule has 0 saturated carbocycles. The van der Waals surface area contributed by atoms with Crippen LogP contribution in [0.5, 0.6) is 0 Å². The lowest BCUT2D eigenvalue weighted by molar-refractivity contribution is -0.901. The second kappa shape index (κ2) is 5.27. The molecule has 1 aliphatic heterocycles. The fraction of sp³-hybridized carbons (Fsp3) is 0.462. The molecule has 1 aromatic rings. The zero-order chi connectivity index (χ0) is 12.3. The largest absolute Gasteiger partial charge is 0.325 e. The predicted octanol–water partition coefficient (Wildman–Crippen LogP) is 0.831. The van der Waals surface area contributed by atoms with Crippen LogP contribution in [0, 0.1) is 5.82 Å². The van der Waals surface area contributed by atoms with E-state index in [1.165, 1.54) is 29.9 Å². The van der Waals surface area contributed by atoms with Crippen LogP contribution in [0.15, 0.2) is 24.3 Å². The maximum absolute atomic E-state index is 13.0. The molecular formula is C13H18FN2O+. The summed E-state index contributed by atoms with van der Waals surface area (Å²) >= 11 is 0.